The Morgan fingerprint density at radius 3 is 2.53 bits per heavy atom. The highest BCUT2D eigenvalue weighted by molar-refractivity contribution is 9.10. The van der Waals surface area contributed by atoms with Gasteiger partial charge in [0.05, 0.1) is 13.2 Å². The third kappa shape index (κ3) is 4.00. The number of allylic oxidation sites excluding steroid dienone is 1. The molecule has 2 aliphatic rings. The minimum Gasteiger partial charge on any atom is -0.462 e. The van der Waals surface area contributed by atoms with Gasteiger partial charge in [-0.15, -0.1) is 0 Å². The van der Waals surface area contributed by atoms with E-state index >= 15 is 0 Å². The molecule has 172 valence electrons. The number of nitrogens with one attached hydrogen (secondary N) is 1. The third-order valence-electron chi connectivity index (χ3n) is 5.25. The third-order valence-corrected chi connectivity index (χ3v) is 5.74. The lowest BCUT2D eigenvalue weighted by Crippen LogP contribution is -2.48. The van der Waals surface area contributed by atoms with Gasteiger partial charge in [-0.25, -0.2) is 9.59 Å². The molecule has 2 aliphatic heterocycles. The van der Waals surface area contributed by atoms with Gasteiger partial charge < -0.3 is 30.0 Å². The second kappa shape index (κ2) is 9.74. The standard InChI is InChI=1S/C22H25BrN2O7/c1-4-5-8-30-20(27)17-18(24)32-12(2)16(19(26)31-10-9-29-3)22(17)14-11-13(23)6-7-15(14)25-21(22)28/h6-7,11H,4-5,8-10,24H2,1-3H3,(H,25,28)/t22-/m1/s1. The lowest BCUT2D eigenvalue weighted by Gasteiger charge is -2.35. The summed E-state index contributed by atoms with van der Waals surface area (Å²) < 4.78 is 21.8. The first-order valence-corrected chi connectivity index (χ1v) is 10.9. The molecule has 0 fully saturated rings. The number of benzene rings is 1. The van der Waals surface area contributed by atoms with Crippen molar-refractivity contribution in [2.24, 2.45) is 5.73 Å². The number of rotatable bonds is 8. The monoisotopic (exact) mass is 508 g/mol. The van der Waals surface area contributed by atoms with Crippen molar-refractivity contribution in [2.75, 3.05) is 32.2 Å². The van der Waals surface area contributed by atoms with Crippen LogP contribution >= 0.6 is 15.9 Å². The van der Waals surface area contributed by atoms with Gasteiger partial charge in [0.1, 0.15) is 28.9 Å². The summed E-state index contributed by atoms with van der Waals surface area (Å²) in [5.74, 6) is -2.54. The first kappa shape index (κ1) is 23.8. The van der Waals surface area contributed by atoms with Gasteiger partial charge in [-0.1, -0.05) is 29.3 Å². The molecule has 1 atom stereocenters. The highest BCUT2D eigenvalue weighted by Gasteiger charge is 2.61. The molecule has 1 amide bonds. The van der Waals surface area contributed by atoms with Crippen molar-refractivity contribution in [2.45, 2.75) is 32.1 Å². The Hall–Kier alpha value is -2.85. The van der Waals surface area contributed by atoms with Crippen LogP contribution < -0.4 is 11.1 Å². The number of amides is 1. The van der Waals surface area contributed by atoms with Gasteiger partial charge in [-0.05, 0) is 31.5 Å². The van der Waals surface area contributed by atoms with Crippen LogP contribution in [0.5, 0.6) is 0 Å². The van der Waals surface area contributed by atoms with Gasteiger partial charge in [-0.2, -0.15) is 0 Å². The zero-order valence-corrected chi connectivity index (χ0v) is 19.7. The number of ether oxygens (including phenoxy) is 4. The molecule has 0 unspecified atom stereocenters. The number of hydrogen-bond acceptors (Lipinski definition) is 8. The number of unbranched alkanes of at least 4 members (excludes halogenated alkanes) is 1. The summed E-state index contributed by atoms with van der Waals surface area (Å²) in [6.07, 6.45) is 1.43. The number of carbonyl (C=O) groups excluding carboxylic acids is 3. The molecule has 1 aromatic carbocycles. The number of esters is 2. The average molecular weight is 509 g/mol. The summed E-state index contributed by atoms with van der Waals surface area (Å²) in [6, 6.07) is 5.05. The van der Waals surface area contributed by atoms with Crippen LogP contribution in [0.4, 0.5) is 5.69 Å². The normalized spacial score (nSPS) is 19.6. The minimum atomic E-state index is -1.89. The van der Waals surface area contributed by atoms with Crippen LogP contribution in [0, 0.1) is 0 Å². The number of anilines is 1. The van der Waals surface area contributed by atoms with E-state index in [1.165, 1.54) is 14.0 Å². The Morgan fingerprint density at radius 2 is 1.84 bits per heavy atom. The molecule has 2 heterocycles. The maximum Gasteiger partial charge on any atom is 0.341 e. The van der Waals surface area contributed by atoms with E-state index in [0.717, 1.165) is 6.42 Å². The van der Waals surface area contributed by atoms with Crippen molar-refractivity contribution in [1.29, 1.82) is 0 Å². The molecular weight excluding hydrogens is 484 g/mol. The number of hydrogen-bond donors (Lipinski definition) is 2. The molecule has 1 spiro atoms. The van der Waals surface area contributed by atoms with Gasteiger partial charge in [0.25, 0.3) is 0 Å². The quantitative estimate of drug-likeness (QED) is 0.405. The Morgan fingerprint density at radius 1 is 1.16 bits per heavy atom. The van der Waals surface area contributed by atoms with Crippen molar-refractivity contribution in [3.63, 3.8) is 0 Å². The van der Waals surface area contributed by atoms with Crippen LogP contribution in [0.3, 0.4) is 0 Å². The molecule has 0 aromatic heterocycles. The molecule has 0 aliphatic carbocycles. The predicted octanol–water partition coefficient (Wildman–Crippen LogP) is 2.65. The Bertz CT molecular complexity index is 972. The van der Waals surface area contributed by atoms with Crippen LogP contribution in [-0.2, 0) is 38.7 Å². The van der Waals surface area contributed by atoms with Crippen LogP contribution in [0.15, 0.2) is 45.5 Å². The van der Waals surface area contributed by atoms with E-state index in [-0.39, 0.29) is 42.6 Å². The van der Waals surface area contributed by atoms with Gasteiger partial charge in [0, 0.05) is 22.8 Å². The second-order valence-corrected chi connectivity index (χ2v) is 8.20. The fourth-order valence-electron chi connectivity index (χ4n) is 3.83. The maximum atomic E-state index is 13.6. The summed E-state index contributed by atoms with van der Waals surface area (Å²) >= 11 is 3.40. The first-order chi connectivity index (χ1) is 15.3. The topological polar surface area (TPSA) is 126 Å². The van der Waals surface area contributed by atoms with Crippen molar-refractivity contribution in [1.82, 2.24) is 0 Å². The summed E-state index contributed by atoms with van der Waals surface area (Å²) in [7, 11) is 1.47. The molecule has 0 radical (unpaired) electrons. The van der Waals surface area contributed by atoms with Crippen LogP contribution in [0.2, 0.25) is 0 Å². The fourth-order valence-corrected chi connectivity index (χ4v) is 4.19. The van der Waals surface area contributed by atoms with Crippen molar-refractivity contribution in [3.8, 4) is 0 Å². The predicted molar refractivity (Wildman–Crippen MR) is 118 cm³/mol. The summed E-state index contributed by atoms with van der Waals surface area (Å²) in [4.78, 5) is 39.9. The molecular formula is C22H25BrN2O7. The van der Waals surface area contributed by atoms with E-state index in [0.29, 0.717) is 22.1 Å². The summed E-state index contributed by atoms with van der Waals surface area (Å²) in [5.41, 5.74) is 4.64. The van der Waals surface area contributed by atoms with E-state index in [2.05, 4.69) is 21.2 Å². The number of halogens is 1. The first-order valence-electron chi connectivity index (χ1n) is 10.1. The largest absolute Gasteiger partial charge is 0.462 e. The molecule has 0 saturated carbocycles. The fraction of sp³-hybridized carbons (Fsp3) is 0.409. The van der Waals surface area contributed by atoms with Gasteiger partial charge in [0.15, 0.2) is 0 Å². The lowest BCUT2D eigenvalue weighted by molar-refractivity contribution is -0.144. The number of carbonyl (C=O) groups is 3. The smallest absolute Gasteiger partial charge is 0.341 e. The molecule has 32 heavy (non-hydrogen) atoms. The average Bonchev–Trinajstić information content (AvgIpc) is 3.00. The van der Waals surface area contributed by atoms with E-state index in [9.17, 15) is 14.4 Å². The van der Waals surface area contributed by atoms with E-state index in [1.807, 2.05) is 6.92 Å². The Labute approximate surface area is 194 Å². The van der Waals surface area contributed by atoms with Crippen LogP contribution in [0.25, 0.3) is 0 Å². The molecule has 10 heteroatoms. The summed E-state index contributed by atoms with van der Waals surface area (Å²) in [5, 5.41) is 2.75. The number of methoxy groups -OCH3 is 1. The van der Waals surface area contributed by atoms with E-state index in [4.69, 9.17) is 24.7 Å². The van der Waals surface area contributed by atoms with Crippen molar-refractivity contribution >= 4 is 39.5 Å². The van der Waals surface area contributed by atoms with Crippen LogP contribution in [-0.4, -0.2) is 44.8 Å². The second-order valence-electron chi connectivity index (χ2n) is 7.28. The SMILES string of the molecule is CCCCOC(=O)C1=C(N)OC(C)=C(C(=O)OCCOC)[C@@]12C(=O)Nc1ccc(Br)cc12. The zero-order chi connectivity index (χ0) is 23.5. The lowest BCUT2D eigenvalue weighted by atomic mass is 9.67. The van der Waals surface area contributed by atoms with Crippen LogP contribution in [0.1, 0.15) is 32.3 Å². The molecule has 1 aromatic rings. The molecule has 9 nitrogen and oxygen atoms in total. The molecule has 0 bridgehead atoms. The Balaban J connectivity index is 2.22. The number of nitrogens with two attached hydrogens (primary N) is 1. The molecule has 0 saturated heterocycles. The highest BCUT2D eigenvalue weighted by atomic mass is 79.9. The number of fused-ring (bicyclic) bond motifs is 2. The molecule has 3 rings (SSSR count). The van der Waals surface area contributed by atoms with Crippen molar-refractivity contribution in [3.05, 3.63) is 51.0 Å². The van der Waals surface area contributed by atoms with Crippen molar-refractivity contribution < 1.29 is 33.3 Å². The van der Waals surface area contributed by atoms with E-state index in [1.54, 1.807) is 18.2 Å². The maximum absolute atomic E-state index is 13.6. The van der Waals surface area contributed by atoms with Gasteiger partial charge >= 0.3 is 11.9 Å². The van der Waals surface area contributed by atoms with Gasteiger partial charge in [0.2, 0.25) is 11.8 Å². The minimum absolute atomic E-state index is 0.0510. The molecule has 3 N–H and O–H groups in total. The van der Waals surface area contributed by atoms with E-state index < -0.39 is 23.3 Å². The highest BCUT2D eigenvalue weighted by Crippen LogP contribution is 2.53. The van der Waals surface area contributed by atoms with Gasteiger partial charge in [-0.3, -0.25) is 4.79 Å². The summed E-state index contributed by atoms with van der Waals surface area (Å²) in [6.45, 7) is 3.68. The zero-order valence-electron chi connectivity index (χ0n) is 18.1. The Kier molecular flexibility index (Phi) is 7.25.